The summed E-state index contributed by atoms with van der Waals surface area (Å²) in [5, 5.41) is 3.27. The molecule has 0 aliphatic carbocycles. The standard InChI is InChI=1S/C16H22N6/c1-12-4-7-22(8-5-12)16-14(17)15(20-11-21-16)19-10-13-3-2-6-18-9-13/h2-3,6,9,11-12H,4-5,7-8,10,17H2,1H3,(H,19,20,21). The Hall–Kier alpha value is -2.37. The highest BCUT2D eigenvalue weighted by molar-refractivity contribution is 5.74. The molecule has 3 rings (SSSR count). The number of anilines is 3. The summed E-state index contributed by atoms with van der Waals surface area (Å²) in [6.45, 7) is 4.95. The molecule has 2 aromatic rings. The number of hydrogen-bond acceptors (Lipinski definition) is 6. The van der Waals surface area contributed by atoms with Crippen molar-refractivity contribution in [3.05, 3.63) is 36.4 Å². The maximum absolute atomic E-state index is 6.27. The predicted octanol–water partition coefficient (Wildman–Crippen LogP) is 2.30. The van der Waals surface area contributed by atoms with Crippen LogP contribution in [-0.2, 0) is 6.54 Å². The van der Waals surface area contributed by atoms with Gasteiger partial charge in [0.05, 0.1) is 0 Å². The number of pyridine rings is 1. The van der Waals surface area contributed by atoms with Gasteiger partial charge in [-0.3, -0.25) is 4.98 Å². The van der Waals surface area contributed by atoms with Gasteiger partial charge in [-0.25, -0.2) is 9.97 Å². The average Bonchev–Trinajstić information content (AvgIpc) is 2.56. The lowest BCUT2D eigenvalue weighted by molar-refractivity contribution is 0.437. The van der Waals surface area contributed by atoms with Crippen LogP contribution in [0, 0.1) is 5.92 Å². The Kier molecular flexibility index (Phi) is 4.37. The average molecular weight is 298 g/mol. The summed E-state index contributed by atoms with van der Waals surface area (Å²) in [5.74, 6) is 2.31. The smallest absolute Gasteiger partial charge is 0.157 e. The molecule has 1 fully saturated rings. The molecule has 3 heterocycles. The molecule has 3 N–H and O–H groups in total. The minimum atomic E-state index is 0.626. The van der Waals surface area contributed by atoms with E-state index in [9.17, 15) is 0 Å². The maximum atomic E-state index is 6.27. The molecule has 0 aromatic carbocycles. The van der Waals surface area contributed by atoms with E-state index in [4.69, 9.17) is 5.73 Å². The van der Waals surface area contributed by atoms with Gasteiger partial charge in [0.1, 0.15) is 12.0 Å². The van der Waals surface area contributed by atoms with Crippen LogP contribution in [0.4, 0.5) is 17.3 Å². The summed E-state index contributed by atoms with van der Waals surface area (Å²) >= 11 is 0. The second-order valence-corrected chi connectivity index (χ2v) is 5.84. The fourth-order valence-electron chi connectivity index (χ4n) is 2.69. The van der Waals surface area contributed by atoms with Crippen LogP contribution < -0.4 is 16.0 Å². The number of nitrogens with two attached hydrogens (primary N) is 1. The molecular formula is C16H22N6. The predicted molar refractivity (Wildman–Crippen MR) is 88.6 cm³/mol. The quantitative estimate of drug-likeness (QED) is 0.901. The van der Waals surface area contributed by atoms with Crippen LogP contribution >= 0.6 is 0 Å². The third kappa shape index (κ3) is 3.27. The van der Waals surface area contributed by atoms with Gasteiger partial charge in [-0.2, -0.15) is 0 Å². The molecule has 0 unspecified atom stereocenters. The van der Waals surface area contributed by atoms with Crippen molar-refractivity contribution in [3.8, 4) is 0 Å². The number of hydrogen-bond donors (Lipinski definition) is 2. The summed E-state index contributed by atoms with van der Waals surface area (Å²) in [6, 6.07) is 3.94. The minimum Gasteiger partial charge on any atom is -0.393 e. The summed E-state index contributed by atoms with van der Waals surface area (Å²) in [4.78, 5) is 15.0. The van der Waals surface area contributed by atoms with Gasteiger partial charge < -0.3 is 16.0 Å². The molecule has 6 nitrogen and oxygen atoms in total. The van der Waals surface area contributed by atoms with E-state index >= 15 is 0 Å². The maximum Gasteiger partial charge on any atom is 0.157 e. The molecule has 0 amide bonds. The zero-order chi connectivity index (χ0) is 15.4. The van der Waals surface area contributed by atoms with Crippen LogP contribution in [0.2, 0.25) is 0 Å². The molecule has 1 saturated heterocycles. The molecule has 116 valence electrons. The first-order chi connectivity index (χ1) is 10.7. The van der Waals surface area contributed by atoms with Crippen LogP contribution in [0.5, 0.6) is 0 Å². The van der Waals surface area contributed by atoms with Crippen molar-refractivity contribution in [2.45, 2.75) is 26.3 Å². The van der Waals surface area contributed by atoms with E-state index in [1.54, 1.807) is 12.5 Å². The monoisotopic (exact) mass is 298 g/mol. The van der Waals surface area contributed by atoms with Crippen LogP contribution in [0.15, 0.2) is 30.9 Å². The topological polar surface area (TPSA) is 80.0 Å². The molecular weight excluding hydrogens is 276 g/mol. The van der Waals surface area contributed by atoms with Crippen molar-refractivity contribution in [2.75, 3.05) is 29.0 Å². The Labute approximate surface area is 130 Å². The van der Waals surface area contributed by atoms with Crippen molar-refractivity contribution < 1.29 is 0 Å². The molecule has 0 spiro atoms. The Morgan fingerprint density at radius 1 is 1.32 bits per heavy atom. The highest BCUT2D eigenvalue weighted by Crippen LogP contribution is 2.29. The normalized spacial score (nSPS) is 15.8. The Bertz CT molecular complexity index is 607. The molecule has 0 bridgehead atoms. The summed E-state index contributed by atoms with van der Waals surface area (Å²) in [6.07, 6.45) is 7.54. The highest BCUT2D eigenvalue weighted by Gasteiger charge is 2.20. The molecule has 1 aliphatic heterocycles. The van der Waals surface area contributed by atoms with Gasteiger partial charge in [0.15, 0.2) is 11.6 Å². The summed E-state index contributed by atoms with van der Waals surface area (Å²) in [5.41, 5.74) is 7.99. The van der Waals surface area contributed by atoms with Gasteiger partial charge in [0, 0.05) is 32.0 Å². The number of aromatic nitrogens is 3. The van der Waals surface area contributed by atoms with Crippen molar-refractivity contribution in [1.29, 1.82) is 0 Å². The first kappa shape index (κ1) is 14.6. The third-order valence-corrected chi connectivity index (χ3v) is 4.13. The van der Waals surface area contributed by atoms with Gasteiger partial charge in [0.2, 0.25) is 0 Å². The lowest BCUT2D eigenvalue weighted by atomic mass is 9.99. The zero-order valence-corrected chi connectivity index (χ0v) is 12.9. The third-order valence-electron chi connectivity index (χ3n) is 4.13. The molecule has 2 aromatic heterocycles. The second kappa shape index (κ2) is 6.60. The fraction of sp³-hybridized carbons (Fsp3) is 0.438. The molecule has 0 atom stereocenters. The number of rotatable bonds is 4. The van der Waals surface area contributed by atoms with E-state index < -0.39 is 0 Å². The first-order valence-corrected chi connectivity index (χ1v) is 7.72. The summed E-state index contributed by atoms with van der Waals surface area (Å²) in [7, 11) is 0. The van der Waals surface area contributed by atoms with E-state index in [0.717, 1.165) is 30.4 Å². The molecule has 1 aliphatic rings. The van der Waals surface area contributed by atoms with Gasteiger partial charge in [-0.15, -0.1) is 0 Å². The largest absolute Gasteiger partial charge is 0.393 e. The van der Waals surface area contributed by atoms with E-state index in [-0.39, 0.29) is 0 Å². The Balaban J connectivity index is 1.71. The highest BCUT2D eigenvalue weighted by atomic mass is 15.2. The van der Waals surface area contributed by atoms with Crippen molar-refractivity contribution in [2.24, 2.45) is 5.92 Å². The van der Waals surface area contributed by atoms with Crippen molar-refractivity contribution >= 4 is 17.3 Å². The molecule has 0 radical (unpaired) electrons. The SMILES string of the molecule is CC1CCN(c2ncnc(NCc3cccnc3)c2N)CC1. The van der Waals surface area contributed by atoms with Crippen LogP contribution in [0.25, 0.3) is 0 Å². The van der Waals surface area contributed by atoms with Crippen LogP contribution in [0.3, 0.4) is 0 Å². The minimum absolute atomic E-state index is 0.626. The molecule has 0 saturated carbocycles. The molecule has 22 heavy (non-hydrogen) atoms. The number of nitrogens with one attached hydrogen (secondary N) is 1. The second-order valence-electron chi connectivity index (χ2n) is 5.84. The van der Waals surface area contributed by atoms with Crippen molar-refractivity contribution in [3.63, 3.8) is 0 Å². The first-order valence-electron chi connectivity index (χ1n) is 7.72. The van der Waals surface area contributed by atoms with Crippen LogP contribution in [-0.4, -0.2) is 28.0 Å². The molecule has 6 heteroatoms. The van der Waals surface area contributed by atoms with Crippen LogP contribution in [0.1, 0.15) is 25.3 Å². The van der Waals surface area contributed by atoms with Gasteiger partial charge in [-0.1, -0.05) is 13.0 Å². The van der Waals surface area contributed by atoms with E-state index in [2.05, 4.69) is 32.1 Å². The van der Waals surface area contributed by atoms with Gasteiger partial charge in [-0.05, 0) is 30.4 Å². The van der Waals surface area contributed by atoms with Gasteiger partial charge in [0.25, 0.3) is 0 Å². The zero-order valence-electron chi connectivity index (χ0n) is 12.9. The van der Waals surface area contributed by atoms with E-state index in [1.165, 1.54) is 12.8 Å². The number of piperidine rings is 1. The number of nitrogen functional groups attached to an aromatic ring is 1. The van der Waals surface area contributed by atoms with E-state index in [1.807, 2.05) is 18.3 Å². The Morgan fingerprint density at radius 3 is 2.86 bits per heavy atom. The summed E-state index contributed by atoms with van der Waals surface area (Å²) < 4.78 is 0. The number of nitrogens with zero attached hydrogens (tertiary/aromatic N) is 4. The lowest BCUT2D eigenvalue weighted by Crippen LogP contribution is -2.34. The fourth-order valence-corrected chi connectivity index (χ4v) is 2.69. The lowest BCUT2D eigenvalue weighted by Gasteiger charge is -2.32. The Morgan fingerprint density at radius 2 is 2.14 bits per heavy atom. The van der Waals surface area contributed by atoms with E-state index in [0.29, 0.717) is 18.1 Å². The van der Waals surface area contributed by atoms with Crippen molar-refractivity contribution in [1.82, 2.24) is 15.0 Å². The van der Waals surface area contributed by atoms with Gasteiger partial charge >= 0.3 is 0 Å².